The van der Waals surface area contributed by atoms with E-state index in [9.17, 15) is 18.4 Å². The number of urea groups is 1. The van der Waals surface area contributed by atoms with Crippen LogP contribution < -0.4 is 10.6 Å². The summed E-state index contributed by atoms with van der Waals surface area (Å²) in [5, 5.41) is 17.9. The fourth-order valence-electron chi connectivity index (χ4n) is 3.41. The second kappa shape index (κ2) is 13.2. The van der Waals surface area contributed by atoms with E-state index in [2.05, 4.69) is 15.8 Å². The van der Waals surface area contributed by atoms with Crippen molar-refractivity contribution in [3.8, 4) is 11.3 Å². The molecule has 3 amide bonds. The zero-order valence-electron chi connectivity index (χ0n) is 19.7. The number of rotatable bonds is 11. The topological polar surface area (TPSA) is 117 Å². The molecule has 0 radical (unpaired) electrons. The van der Waals surface area contributed by atoms with Gasteiger partial charge in [0.05, 0.1) is 6.04 Å². The Labute approximate surface area is 207 Å². The van der Waals surface area contributed by atoms with Crippen LogP contribution in [0.25, 0.3) is 11.3 Å². The highest BCUT2D eigenvalue weighted by molar-refractivity contribution is 5.84. The molecule has 0 aliphatic carbocycles. The maximum Gasteiger partial charge on any atom is 0.412 e. The van der Waals surface area contributed by atoms with Gasteiger partial charge < -0.3 is 24.6 Å². The van der Waals surface area contributed by atoms with Crippen LogP contribution in [0.15, 0.2) is 59.1 Å². The summed E-state index contributed by atoms with van der Waals surface area (Å²) in [4.78, 5) is 26.3. The highest BCUT2D eigenvalue weighted by Crippen LogP contribution is 2.22. The van der Waals surface area contributed by atoms with Gasteiger partial charge in [0, 0.05) is 37.4 Å². The van der Waals surface area contributed by atoms with E-state index in [1.807, 2.05) is 30.3 Å². The number of aromatic nitrogens is 1. The Kier molecular flexibility index (Phi) is 9.75. The van der Waals surface area contributed by atoms with E-state index in [1.165, 1.54) is 24.1 Å². The molecule has 3 aromatic rings. The first-order chi connectivity index (χ1) is 17.4. The van der Waals surface area contributed by atoms with Crippen molar-refractivity contribution in [1.29, 1.82) is 0 Å². The summed E-state index contributed by atoms with van der Waals surface area (Å²) in [6.07, 6.45) is 0.736. The SMILES string of the molecule is CN(C(=O)NCc1cccc(F)c1F)[C@@H](CCCCO)COC(=O)Nc1cc(-c2ccccc2)on1. The third kappa shape index (κ3) is 7.51. The zero-order valence-corrected chi connectivity index (χ0v) is 19.7. The lowest BCUT2D eigenvalue weighted by molar-refractivity contribution is 0.112. The number of amides is 3. The molecule has 192 valence electrons. The minimum absolute atomic E-state index is 0.00620. The van der Waals surface area contributed by atoms with Gasteiger partial charge in [0.1, 0.15) is 6.61 Å². The number of carbonyl (C=O) groups excluding carboxylic acids is 2. The standard InChI is InChI=1S/C25H28F2N4O5/c1-31(24(33)28-15-18-10-7-12-20(26)23(18)27)19(11-5-6-13-32)16-35-25(34)29-22-14-21(36-30-22)17-8-3-2-4-9-17/h2-4,7-10,12,14,19,32H,5-6,11,13,15-16H2,1H3,(H,28,33)(H,29,30,34)/t19-/m0/s1. The van der Waals surface area contributed by atoms with Gasteiger partial charge in [-0.25, -0.2) is 18.4 Å². The smallest absolute Gasteiger partial charge is 0.412 e. The molecule has 0 fully saturated rings. The van der Waals surface area contributed by atoms with E-state index in [-0.39, 0.29) is 31.1 Å². The molecule has 0 aliphatic heterocycles. The van der Waals surface area contributed by atoms with Gasteiger partial charge >= 0.3 is 12.1 Å². The van der Waals surface area contributed by atoms with E-state index in [0.29, 0.717) is 25.0 Å². The number of ether oxygens (including phenoxy) is 1. The number of nitrogens with one attached hydrogen (secondary N) is 2. The van der Waals surface area contributed by atoms with Crippen LogP contribution in [-0.4, -0.2) is 53.6 Å². The monoisotopic (exact) mass is 502 g/mol. The fraction of sp³-hybridized carbons (Fsp3) is 0.320. The van der Waals surface area contributed by atoms with Gasteiger partial charge in [0.15, 0.2) is 23.2 Å². The average Bonchev–Trinajstić information content (AvgIpc) is 3.35. The summed E-state index contributed by atoms with van der Waals surface area (Å²) in [7, 11) is 1.51. The number of aliphatic hydroxyl groups is 1. The number of carbonyl (C=O) groups is 2. The Balaban J connectivity index is 1.55. The largest absolute Gasteiger partial charge is 0.447 e. The van der Waals surface area contributed by atoms with Crippen molar-refractivity contribution < 1.29 is 32.7 Å². The number of nitrogens with zero attached hydrogens (tertiary/aromatic N) is 2. The predicted molar refractivity (Wildman–Crippen MR) is 128 cm³/mol. The van der Waals surface area contributed by atoms with Crippen molar-refractivity contribution in [3.05, 3.63) is 71.8 Å². The number of benzene rings is 2. The van der Waals surface area contributed by atoms with Crippen LogP contribution in [-0.2, 0) is 11.3 Å². The van der Waals surface area contributed by atoms with Gasteiger partial charge in [0.25, 0.3) is 0 Å². The summed E-state index contributed by atoms with van der Waals surface area (Å²) in [5.41, 5.74) is 0.799. The lowest BCUT2D eigenvalue weighted by atomic mass is 10.1. The van der Waals surface area contributed by atoms with Crippen LogP contribution in [0, 0.1) is 11.6 Å². The van der Waals surface area contributed by atoms with E-state index in [1.54, 1.807) is 6.07 Å². The average molecular weight is 503 g/mol. The zero-order chi connectivity index (χ0) is 25.9. The number of halogens is 2. The van der Waals surface area contributed by atoms with Crippen molar-refractivity contribution in [2.45, 2.75) is 31.8 Å². The minimum Gasteiger partial charge on any atom is -0.447 e. The van der Waals surface area contributed by atoms with Crippen molar-refractivity contribution in [2.24, 2.45) is 0 Å². The van der Waals surface area contributed by atoms with Crippen LogP contribution in [0.4, 0.5) is 24.2 Å². The second-order valence-electron chi connectivity index (χ2n) is 8.02. The lowest BCUT2D eigenvalue weighted by Gasteiger charge is -2.28. The summed E-state index contributed by atoms with van der Waals surface area (Å²) in [6, 6.07) is 13.4. The molecule has 0 unspecified atom stereocenters. The summed E-state index contributed by atoms with van der Waals surface area (Å²) in [5.74, 6) is -1.39. The van der Waals surface area contributed by atoms with Gasteiger partial charge in [-0.2, -0.15) is 0 Å². The molecule has 9 nitrogen and oxygen atoms in total. The Hall–Kier alpha value is -3.99. The van der Waals surface area contributed by atoms with Gasteiger partial charge in [-0.3, -0.25) is 5.32 Å². The number of hydrogen-bond acceptors (Lipinski definition) is 6. The molecule has 36 heavy (non-hydrogen) atoms. The van der Waals surface area contributed by atoms with Crippen molar-refractivity contribution in [2.75, 3.05) is 25.6 Å². The highest BCUT2D eigenvalue weighted by atomic mass is 19.2. The first-order valence-corrected chi connectivity index (χ1v) is 11.4. The number of hydrogen-bond donors (Lipinski definition) is 3. The van der Waals surface area contributed by atoms with E-state index in [0.717, 1.165) is 11.6 Å². The third-order valence-electron chi connectivity index (χ3n) is 5.48. The molecule has 0 saturated heterocycles. The Morgan fingerprint density at radius 3 is 2.67 bits per heavy atom. The lowest BCUT2D eigenvalue weighted by Crippen LogP contribution is -2.46. The molecule has 1 atom stereocenters. The Bertz CT molecular complexity index is 1140. The summed E-state index contributed by atoms with van der Waals surface area (Å²) in [6.45, 7) is -0.370. The number of unbranched alkanes of at least 4 members (excludes halogenated alkanes) is 1. The van der Waals surface area contributed by atoms with Gasteiger partial charge in [-0.05, 0) is 25.3 Å². The van der Waals surface area contributed by atoms with Crippen LogP contribution in [0.2, 0.25) is 0 Å². The first kappa shape index (κ1) is 26.6. The van der Waals surface area contributed by atoms with Crippen molar-refractivity contribution >= 4 is 17.9 Å². The maximum atomic E-state index is 13.9. The summed E-state index contributed by atoms with van der Waals surface area (Å²) < 4.78 is 37.8. The molecule has 0 bridgehead atoms. The van der Waals surface area contributed by atoms with Crippen molar-refractivity contribution in [3.63, 3.8) is 0 Å². The number of aliphatic hydroxyl groups excluding tert-OH is 1. The molecule has 0 spiro atoms. The molecule has 0 saturated carbocycles. The van der Waals surface area contributed by atoms with Crippen molar-refractivity contribution in [1.82, 2.24) is 15.4 Å². The molecule has 1 aromatic heterocycles. The number of likely N-dealkylation sites (N-methyl/N-ethyl adjacent to an activating group) is 1. The van der Waals surface area contributed by atoms with Crippen LogP contribution in [0.5, 0.6) is 0 Å². The molecule has 11 heteroatoms. The molecule has 3 N–H and O–H groups in total. The molecule has 3 rings (SSSR count). The molecular formula is C25H28F2N4O5. The van der Waals surface area contributed by atoms with E-state index < -0.39 is 29.8 Å². The quantitative estimate of drug-likeness (QED) is 0.332. The van der Waals surface area contributed by atoms with Crippen LogP contribution in [0.1, 0.15) is 24.8 Å². The highest BCUT2D eigenvalue weighted by Gasteiger charge is 2.22. The molecule has 0 aliphatic rings. The Morgan fingerprint density at radius 1 is 1.14 bits per heavy atom. The van der Waals surface area contributed by atoms with Gasteiger partial charge in [-0.15, -0.1) is 0 Å². The molecule has 1 heterocycles. The fourth-order valence-corrected chi connectivity index (χ4v) is 3.41. The first-order valence-electron chi connectivity index (χ1n) is 11.4. The second-order valence-corrected chi connectivity index (χ2v) is 8.02. The maximum absolute atomic E-state index is 13.9. The number of anilines is 1. The van der Waals surface area contributed by atoms with Crippen LogP contribution in [0.3, 0.4) is 0 Å². The minimum atomic E-state index is -1.02. The molecule has 2 aromatic carbocycles. The third-order valence-corrected chi connectivity index (χ3v) is 5.48. The van der Waals surface area contributed by atoms with E-state index >= 15 is 0 Å². The van der Waals surface area contributed by atoms with Crippen LogP contribution >= 0.6 is 0 Å². The summed E-state index contributed by atoms with van der Waals surface area (Å²) >= 11 is 0. The molecular weight excluding hydrogens is 474 g/mol. The van der Waals surface area contributed by atoms with Gasteiger partial charge in [0.2, 0.25) is 0 Å². The predicted octanol–water partition coefficient (Wildman–Crippen LogP) is 4.54. The van der Waals surface area contributed by atoms with Gasteiger partial charge in [-0.1, -0.05) is 47.6 Å². The normalized spacial score (nSPS) is 11.6. The Morgan fingerprint density at radius 2 is 1.92 bits per heavy atom. The van der Waals surface area contributed by atoms with E-state index in [4.69, 9.17) is 14.4 Å².